The van der Waals surface area contributed by atoms with Crippen molar-refractivity contribution < 1.29 is 22.8 Å². The summed E-state index contributed by atoms with van der Waals surface area (Å²) in [5, 5.41) is 10.7. The van der Waals surface area contributed by atoms with Crippen LogP contribution in [-0.2, 0) is 56.4 Å². The molecule has 0 saturated carbocycles. The van der Waals surface area contributed by atoms with Gasteiger partial charge >= 0.3 is 6.18 Å². The number of nitrogens with zero attached hydrogens (tertiary/aromatic N) is 3. The van der Waals surface area contributed by atoms with Crippen molar-refractivity contribution in [2.45, 2.75) is 58.0 Å². The summed E-state index contributed by atoms with van der Waals surface area (Å²) in [5.74, 6) is 0.387. The number of alkyl halides is 3. The van der Waals surface area contributed by atoms with Gasteiger partial charge in [0.1, 0.15) is 11.7 Å². The second-order valence-electron chi connectivity index (χ2n) is 13.7. The maximum atomic E-state index is 14.3. The lowest BCUT2D eigenvalue weighted by molar-refractivity contribution is -0.137. The van der Waals surface area contributed by atoms with E-state index in [-0.39, 0.29) is 30.7 Å². The molecule has 0 aliphatic carbocycles. The van der Waals surface area contributed by atoms with Crippen molar-refractivity contribution in [3.8, 4) is 0 Å². The second-order valence-corrected chi connectivity index (χ2v) is 13.7. The molecule has 1 aromatic heterocycles. The number of halogens is 3. The van der Waals surface area contributed by atoms with Crippen molar-refractivity contribution >= 4 is 28.7 Å². The Hall–Kier alpha value is -6.27. The van der Waals surface area contributed by atoms with Gasteiger partial charge in [0.2, 0.25) is 5.91 Å². The second kappa shape index (κ2) is 17.9. The molecule has 0 fully saturated rings. The molecule has 0 aliphatic heterocycles. The molecule has 0 saturated heterocycles. The Balaban J connectivity index is 1.26. The molecule has 0 atom stereocenters. The lowest BCUT2D eigenvalue weighted by Crippen LogP contribution is -2.30. The number of imidazole rings is 1. The number of hydrogen-bond acceptors (Lipinski definition) is 5. The summed E-state index contributed by atoms with van der Waals surface area (Å²) in [6, 6.07) is 34.9. The highest BCUT2D eigenvalue weighted by molar-refractivity contribution is 5.97. The van der Waals surface area contributed by atoms with E-state index >= 15 is 0 Å². The average Bonchev–Trinajstić information content (AvgIpc) is 3.55. The monoisotopic (exact) mass is 759 g/mol. The van der Waals surface area contributed by atoms with Gasteiger partial charge in [-0.1, -0.05) is 91.0 Å². The minimum absolute atomic E-state index is 0.00236. The smallest absolute Gasteiger partial charge is 0.384 e. The molecule has 9 nitrogen and oxygen atoms in total. The van der Waals surface area contributed by atoms with Crippen molar-refractivity contribution in [2.75, 3.05) is 6.54 Å². The van der Waals surface area contributed by atoms with Gasteiger partial charge in [0.05, 0.1) is 23.0 Å². The van der Waals surface area contributed by atoms with Gasteiger partial charge in [0.25, 0.3) is 5.91 Å². The Labute approximate surface area is 323 Å². The summed E-state index contributed by atoms with van der Waals surface area (Å²) in [4.78, 5) is 33.4. The lowest BCUT2D eigenvalue weighted by atomic mass is 10.1. The number of carbonyl (C=O) groups excluding carboxylic acids is 2. The van der Waals surface area contributed by atoms with Crippen LogP contribution in [-0.4, -0.2) is 38.6 Å². The third-order valence-electron chi connectivity index (χ3n) is 9.61. The number of amidine groups is 1. The van der Waals surface area contributed by atoms with E-state index in [9.17, 15) is 22.8 Å². The standard InChI is InChI=1S/C44H44F3N7O2/c45-44(46,47)37-9-4-8-34(24-37)29-53(28-33-12-10-32(27-48)11-13-33)43(56)36-19-20-39-38(26-36)52-40(21-16-30-14-17-35(18-15-30)42(49)50)54(39)23-5-22-51-41(55)25-31-6-2-1-3-7-31/h1-4,6-15,17-20,24,26H,5,16,21-23,25,27-29,48H2,(H3,49,50)(H,51,55). The Kier molecular flexibility index (Phi) is 12.6. The van der Waals surface area contributed by atoms with Gasteiger partial charge in [-0.2, -0.15) is 13.2 Å². The number of nitrogens with one attached hydrogen (secondary N) is 2. The summed E-state index contributed by atoms with van der Waals surface area (Å²) < 4.78 is 42.9. The van der Waals surface area contributed by atoms with Gasteiger partial charge < -0.3 is 26.3 Å². The fourth-order valence-electron chi connectivity index (χ4n) is 6.62. The molecule has 1 heterocycles. The van der Waals surface area contributed by atoms with Crippen molar-refractivity contribution in [3.63, 3.8) is 0 Å². The number of nitrogen functional groups attached to an aromatic ring is 1. The Bertz CT molecular complexity index is 2290. The Morgan fingerprint density at radius 2 is 1.41 bits per heavy atom. The number of aryl methyl sites for hydroxylation is 3. The molecule has 56 heavy (non-hydrogen) atoms. The number of aromatic nitrogens is 2. The molecular weight excluding hydrogens is 716 g/mol. The van der Waals surface area contributed by atoms with Crippen molar-refractivity contribution in [1.82, 2.24) is 19.8 Å². The quantitative estimate of drug-likeness (QED) is 0.0470. The van der Waals surface area contributed by atoms with E-state index in [0.717, 1.165) is 45.7 Å². The summed E-state index contributed by atoms with van der Waals surface area (Å²) in [7, 11) is 0. The normalized spacial score (nSPS) is 11.4. The van der Waals surface area contributed by atoms with Gasteiger partial charge in [0, 0.05) is 50.3 Å². The molecule has 0 aliphatic rings. The topological polar surface area (TPSA) is 143 Å². The zero-order valence-electron chi connectivity index (χ0n) is 30.9. The maximum absolute atomic E-state index is 14.3. The molecular formula is C44H44F3N7O2. The van der Waals surface area contributed by atoms with Crippen molar-refractivity contribution in [2.24, 2.45) is 11.5 Å². The van der Waals surface area contributed by atoms with Crippen LogP contribution in [0.1, 0.15) is 61.5 Å². The number of nitrogens with two attached hydrogens (primary N) is 2. The summed E-state index contributed by atoms with van der Waals surface area (Å²) in [6.07, 6.45) is -2.34. The molecule has 0 unspecified atom stereocenters. The highest BCUT2D eigenvalue weighted by Gasteiger charge is 2.30. The van der Waals surface area contributed by atoms with Crippen LogP contribution < -0.4 is 16.8 Å². The first-order valence-electron chi connectivity index (χ1n) is 18.4. The maximum Gasteiger partial charge on any atom is 0.416 e. The van der Waals surface area contributed by atoms with Gasteiger partial charge in [-0.3, -0.25) is 15.0 Å². The molecule has 6 aromatic rings. The van der Waals surface area contributed by atoms with Crippen LogP contribution in [0.5, 0.6) is 0 Å². The average molecular weight is 760 g/mol. The minimum atomic E-state index is -4.52. The molecule has 0 bridgehead atoms. The van der Waals surface area contributed by atoms with Gasteiger partial charge in [-0.05, 0) is 71.0 Å². The largest absolute Gasteiger partial charge is 0.416 e. The minimum Gasteiger partial charge on any atom is -0.384 e. The first kappa shape index (κ1) is 39.4. The van der Waals surface area contributed by atoms with Crippen LogP contribution in [0, 0.1) is 5.41 Å². The van der Waals surface area contributed by atoms with E-state index in [1.54, 1.807) is 18.2 Å². The Morgan fingerprint density at radius 3 is 2.11 bits per heavy atom. The van der Waals surface area contributed by atoms with E-state index in [2.05, 4.69) is 9.88 Å². The van der Waals surface area contributed by atoms with Crippen LogP contribution in [0.25, 0.3) is 11.0 Å². The van der Waals surface area contributed by atoms with Gasteiger partial charge in [0.15, 0.2) is 0 Å². The molecule has 2 amide bonds. The number of fused-ring (bicyclic) bond motifs is 1. The van der Waals surface area contributed by atoms with Crippen LogP contribution in [0.4, 0.5) is 13.2 Å². The van der Waals surface area contributed by atoms with E-state index in [1.165, 1.54) is 11.0 Å². The predicted molar refractivity (Wildman–Crippen MR) is 212 cm³/mol. The zero-order chi connectivity index (χ0) is 39.7. The highest BCUT2D eigenvalue weighted by Crippen LogP contribution is 2.30. The van der Waals surface area contributed by atoms with Gasteiger partial charge in [-0.15, -0.1) is 0 Å². The van der Waals surface area contributed by atoms with E-state index < -0.39 is 11.7 Å². The number of rotatable bonds is 16. The summed E-state index contributed by atoms with van der Waals surface area (Å²) >= 11 is 0. The zero-order valence-corrected chi connectivity index (χ0v) is 30.9. The number of carbonyl (C=O) groups is 2. The molecule has 0 spiro atoms. The van der Waals surface area contributed by atoms with E-state index in [4.69, 9.17) is 21.9 Å². The number of benzene rings is 5. The molecule has 6 N–H and O–H groups in total. The van der Waals surface area contributed by atoms with Gasteiger partial charge in [-0.25, -0.2) is 4.98 Å². The number of amides is 2. The first-order valence-corrected chi connectivity index (χ1v) is 18.4. The van der Waals surface area contributed by atoms with Crippen LogP contribution in [0.2, 0.25) is 0 Å². The molecule has 0 radical (unpaired) electrons. The molecule has 12 heteroatoms. The van der Waals surface area contributed by atoms with Crippen LogP contribution in [0.3, 0.4) is 0 Å². The first-order chi connectivity index (χ1) is 27.0. The van der Waals surface area contributed by atoms with Crippen molar-refractivity contribution in [1.29, 1.82) is 5.41 Å². The van der Waals surface area contributed by atoms with E-state index in [0.29, 0.717) is 67.5 Å². The highest BCUT2D eigenvalue weighted by atomic mass is 19.4. The number of hydrogen-bond donors (Lipinski definition) is 4. The van der Waals surface area contributed by atoms with Crippen LogP contribution >= 0.6 is 0 Å². The lowest BCUT2D eigenvalue weighted by Gasteiger charge is -2.24. The molecule has 288 valence electrons. The third-order valence-corrected chi connectivity index (χ3v) is 9.61. The fraction of sp³-hybridized carbons (Fsp3) is 0.227. The summed E-state index contributed by atoms with van der Waals surface area (Å²) in [6.45, 7) is 1.50. The fourth-order valence-corrected chi connectivity index (χ4v) is 6.62. The SMILES string of the molecule is N=C(N)c1ccc(CCc2nc3cc(C(=O)N(Cc4ccc(CN)cc4)Cc4cccc(C(F)(F)F)c4)ccc3n2CCCNC(=O)Cc2ccccc2)cc1. The molecule has 5 aromatic carbocycles. The third kappa shape index (κ3) is 10.3. The van der Waals surface area contributed by atoms with Crippen molar-refractivity contribution in [3.05, 3.63) is 172 Å². The van der Waals surface area contributed by atoms with Crippen LogP contribution in [0.15, 0.2) is 121 Å². The summed E-state index contributed by atoms with van der Waals surface area (Å²) in [5.41, 5.74) is 17.1. The predicted octanol–water partition coefficient (Wildman–Crippen LogP) is 7.17. The Morgan fingerprint density at radius 1 is 0.750 bits per heavy atom. The van der Waals surface area contributed by atoms with E-state index in [1.807, 2.05) is 84.9 Å². The molecule has 6 rings (SSSR count).